The summed E-state index contributed by atoms with van der Waals surface area (Å²) in [6, 6.07) is 0. The Morgan fingerprint density at radius 1 is 1.20 bits per heavy atom. The van der Waals surface area contributed by atoms with Gasteiger partial charge in [0.2, 0.25) is 5.78 Å². The molecule has 0 unspecified atom stereocenters. The summed E-state index contributed by atoms with van der Waals surface area (Å²) in [4.78, 5) is 54.5. The second-order valence-corrected chi connectivity index (χ2v) is 11.2. The van der Waals surface area contributed by atoms with Crippen LogP contribution in [0.2, 0.25) is 0 Å². The van der Waals surface area contributed by atoms with E-state index >= 15 is 0 Å². The van der Waals surface area contributed by atoms with Crippen LogP contribution in [0, 0.1) is 28.6 Å². The topological polar surface area (TPSA) is 108 Å². The number of carbonyl (C=O) groups is 4. The van der Waals surface area contributed by atoms with Gasteiger partial charge in [-0.15, -0.1) is 0 Å². The van der Waals surface area contributed by atoms with Crippen LogP contribution >= 0.6 is 0 Å². The molecule has 0 spiro atoms. The Morgan fingerprint density at radius 3 is 2.63 bits per heavy atom. The first-order valence-electron chi connectivity index (χ1n) is 12.4. The third-order valence-corrected chi connectivity index (χ3v) is 9.46. The molecule has 5 rings (SSSR count). The minimum Gasteiger partial charge on any atom is -0.475 e. The predicted molar refractivity (Wildman–Crippen MR) is 125 cm³/mol. The van der Waals surface area contributed by atoms with Crippen LogP contribution in [-0.4, -0.2) is 53.8 Å². The van der Waals surface area contributed by atoms with Gasteiger partial charge in [0.25, 0.3) is 0 Å². The summed E-state index contributed by atoms with van der Waals surface area (Å²) in [5.41, 5.74) is -1.18. The van der Waals surface area contributed by atoms with Crippen molar-refractivity contribution >= 4 is 29.4 Å². The predicted octanol–water partition coefficient (Wildman–Crippen LogP) is 3.13. The molecular formula is C27H33NO7. The van der Waals surface area contributed by atoms with Gasteiger partial charge < -0.3 is 14.2 Å². The number of ketones is 2. The molecule has 4 aliphatic carbocycles. The lowest BCUT2D eigenvalue weighted by molar-refractivity contribution is -0.174. The number of allylic oxidation sites excluding steroid dienone is 4. The average molecular weight is 484 g/mol. The fourth-order valence-corrected chi connectivity index (χ4v) is 8.25. The van der Waals surface area contributed by atoms with Crippen LogP contribution in [0.5, 0.6) is 0 Å². The summed E-state index contributed by atoms with van der Waals surface area (Å²) < 4.78 is 17.3. The van der Waals surface area contributed by atoms with Gasteiger partial charge in [-0.2, -0.15) is 0 Å². The fourth-order valence-electron chi connectivity index (χ4n) is 8.25. The molecule has 0 radical (unpaired) electrons. The van der Waals surface area contributed by atoms with E-state index in [-0.39, 0.29) is 41.9 Å². The Balaban J connectivity index is 1.61. The number of hydrogen-bond donors (Lipinski definition) is 0. The van der Waals surface area contributed by atoms with Gasteiger partial charge in [-0.1, -0.05) is 25.5 Å². The summed E-state index contributed by atoms with van der Waals surface area (Å²) >= 11 is 0. The van der Waals surface area contributed by atoms with E-state index in [0.717, 1.165) is 18.4 Å². The maximum atomic E-state index is 13.7. The third kappa shape index (κ3) is 3.28. The van der Waals surface area contributed by atoms with E-state index in [1.54, 1.807) is 19.1 Å². The molecule has 0 N–H and O–H groups in total. The van der Waals surface area contributed by atoms with E-state index in [4.69, 9.17) is 19.2 Å². The smallest absolute Gasteiger partial charge is 0.303 e. The van der Waals surface area contributed by atoms with Crippen molar-refractivity contribution in [3.63, 3.8) is 0 Å². The highest BCUT2D eigenvalue weighted by Gasteiger charge is 2.75. The monoisotopic (exact) mass is 483 g/mol. The number of fused-ring (bicyclic) bond motifs is 7. The molecule has 0 aromatic carbocycles. The first-order chi connectivity index (χ1) is 16.4. The van der Waals surface area contributed by atoms with E-state index in [1.165, 1.54) is 13.8 Å². The minimum atomic E-state index is -1.20. The van der Waals surface area contributed by atoms with Crippen LogP contribution in [0.4, 0.5) is 0 Å². The number of carbonyl (C=O) groups excluding carboxylic acids is 4. The first kappa shape index (κ1) is 23.9. The van der Waals surface area contributed by atoms with Crippen molar-refractivity contribution in [3.05, 3.63) is 23.8 Å². The van der Waals surface area contributed by atoms with Crippen molar-refractivity contribution in [1.82, 2.24) is 0 Å². The van der Waals surface area contributed by atoms with E-state index < -0.39 is 34.5 Å². The standard InChI is InChI=1S/C27H33NO7/c1-14-28-27(22(32)13-33-15(2)29)23(34-14)11-20-19-7-6-17-10-18(31)8-9-25(17,4)24(19)21(35-16(3)30)12-26(20,27)5/h8-10,19-21,23-24H,6-7,11-13H2,1-5H3/t19-,20-,21-,23+,24+,25-,26-,27+/m0/s1. The number of esters is 2. The molecular weight excluding hydrogens is 450 g/mol. The van der Waals surface area contributed by atoms with Crippen LogP contribution < -0.4 is 0 Å². The van der Waals surface area contributed by atoms with E-state index in [1.807, 2.05) is 6.08 Å². The first-order valence-corrected chi connectivity index (χ1v) is 12.4. The Kier molecular flexibility index (Phi) is 5.38. The summed E-state index contributed by atoms with van der Waals surface area (Å²) in [5.74, 6) is -0.527. The summed E-state index contributed by atoms with van der Waals surface area (Å²) in [6.45, 7) is 8.26. The van der Waals surface area contributed by atoms with Crippen LogP contribution in [-0.2, 0) is 33.4 Å². The summed E-state index contributed by atoms with van der Waals surface area (Å²) in [6.07, 6.45) is 7.11. The lowest BCUT2D eigenvalue weighted by Gasteiger charge is -2.59. The Labute approximate surface area is 205 Å². The molecule has 0 aromatic rings. The molecule has 35 heavy (non-hydrogen) atoms. The summed E-state index contributed by atoms with van der Waals surface area (Å²) in [5, 5.41) is 0. The van der Waals surface area contributed by atoms with Crippen molar-refractivity contribution in [2.45, 2.75) is 78.0 Å². The number of nitrogens with zero attached hydrogens (tertiary/aromatic N) is 1. The normalized spacial score (nSPS) is 43.0. The van der Waals surface area contributed by atoms with E-state index in [2.05, 4.69) is 13.8 Å². The van der Waals surface area contributed by atoms with Crippen LogP contribution in [0.25, 0.3) is 0 Å². The molecule has 1 aliphatic heterocycles. The largest absolute Gasteiger partial charge is 0.475 e. The highest BCUT2D eigenvalue weighted by atomic mass is 16.5. The van der Waals surface area contributed by atoms with Gasteiger partial charge >= 0.3 is 11.9 Å². The van der Waals surface area contributed by atoms with Crippen molar-refractivity contribution in [1.29, 1.82) is 0 Å². The maximum absolute atomic E-state index is 13.7. The molecule has 188 valence electrons. The van der Waals surface area contributed by atoms with Crippen molar-refractivity contribution in [2.75, 3.05) is 6.61 Å². The lowest BCUT2D eigenvalue weighted by Crippen LogP contribution is -2.63. The summed E-state index contributed by atoms with van der Waals surface area (Å²) in [7, 11) is 0. The van der Waals surface area contributed by atoms with Gasteiger partial charge in [0.1, 0.15) is 12.2 Å². The number of hydrogen-bond acceptors (Lipinski definition) is 8. The van der Waals surface area contributed by atoms with Gasteiger partial charge in [0, 0.05) is 37.5 Å². The number of aliphatic imine (C=N–C) groups is 1. The second kappa shape index (κ2) is 7.87. The third-order valence-electron chi connectivity index (χ3n) is 9.46. The maximum Gasteiger partial charge on any atom is 0.303 e. The second-order valence-electron chi connectivity index (χ2n) is 11.2. The van der Waals surface area contributed by atoms with Crippen molar-refractivity contribution < 1.29 is 33.4 Å². The quantitative estimate of drug-likeness (QED) is 0.565. The molecule has 1 heterocycles. The number of rotatable bonds is 4. The molecule has 0 aromatic heterocycles. The molecule has 0 amide bonds. The molecule has 0 saturated heterocycles. The van der Waals surface area contributed by atoms with Crippen LogP contribution in [0.15, 0.2) is 28.8 Å². The Hall–Kier alpha value is -2.77. The number of Topliss-reactive ketones (excluding diaryl/α,β-unsaturated/α-hetero) is 1. The number of ether oxygens (including phenoxy) is 3. The van der Waals surface area contributed by atoms with E-state index in [9.17, 15) is 19.2 Å². The zero-order valence-corrected chi connectivity index (χ0v) is 21.0. The Morgan fingerprint density at radius 2 is 1.94 bits per heavy atom. The fraction of sp³-hybridized carbons (Fsp3) is 0.667. The van der Waals surface area contributed by atoms with Crippen molar-refractivity contribution in [3.8, 4) is 0 Å². The zero-order valence-electron chi connectivity index (χ0n) is 21.0. The molecule has 0 bridgehead atoms. The van der Waals surface area contributed by atoms with Gasteiger partial charge in [0.05, 0.1) is 0 Å². The molecule has 8 atom stereocenters. The molecule has 5 aliphatic rings. The highest BCUT2D eigenvalue weighted by molar-refractivity contribution is 6.01. The van der Waals surface area contributed by atoms with Crippen LogP contribution in [0.1, 0.15) is 60.3 Å². The van der Waals surface area contributed by atoms with Gasteiger partial charge in [-0.25, -0.2) is 4.99 Å². The molecule has 3 saturated carbocycles. The lowest BCUT2D eigenvalue weighted by atomic mass is 9.46. The zero-order chi connectivity index (χ0) is 25.3. The SMILES string of the molecule is CC(=O)OCC(=O)[C@@]12N=C(C)O[C@@H]1C[C@H]1[C@@H]3CCC4=CC(=O)C=C[C@]4(C)[C@H]3[C@@H](OC(C)=O)C[C@@]12C. The highest BCUT2D eigenvalue weighted by Crippen LogP contribution is 2.69. The van der Waals surface area contributed by atoms with Crippen molar-refractivity contribution in [2.24, 2.45) is 33.6 Å². The van der Waals surface area contributed by atoms with Gasteiger partial charge in [0.15, 0.2) is 23.8 Å². The molecule has 8 nitrogen and oxygen atoms in total. The Bertz CT molecular complexity index is 1100. The van der Waals surface area contributed by atoms with Gasteiger partial charge in [-0.05, 0) is 49.7 Å². The molecule has 8 heteroatoms. The van der Waals surface area contributed by atoms with Crippen LogP contribution in [0.3, 0.4) is 0 Å². The van der Waals surface area contributed by atoms with E-state index in [0.29, 0.717) is 18.7 Å². The average Bonchev–Trinajstić information content (AvgIpc) is 3.22. The van der Waals surface area contributed by atoms with Gasteiger partial charge in [-0.3, -0.25) is 19.2 Å². The molecule has 3 fully saturated rings. The minimum absolute atomic E-state index is 0.00996.